The van der Waals surface area contributed by atoms with Gasteiger partial charge in [-0.3, -0.25) is 48.1 Å². The number of urea groups is 1. The summed E-state index contributed by atoms with van der Waals surface area (Å²) in [5.74, 6) is -7.15. The van der Waals surface area contributed by atoms with Crippen LogP contribution in [0, 0.1) is 41.4 Å². The fourth-order valence-electron chi connectivity index (χ4n) is 12.0. The van der Waals surface area contributed by atoms with Crippen LogP contribution in [0.2, 0.25) is 0 Å². The summed E-state index contributed by atoms with van der Waals surface area (Å²) in [4.78, 5) is 153. The summed E-state index contributed by atoms with van der Waals surface area (Å²) in [6, 6.07) is 10.4. The highest BCUT2D eigenvalue weighted by molar-refractivity contribution is 7.10. The molecule has 1 fully saturated rings. The first-order valence-corrected chi connectivity index (χ1v) is 33.7. The van der Waals surface area contributed by atoms with Gasteiger partial charge in [-0.05, 0) is 138 Å². The van der Waals surface area contributed by atoms with Gasteiger partial charge in [0.1, 0.15) is 23.1 Å². The van der Waals surface area contributed by atoms with Gasteiger partial charge in [-0.1, -0.05) is 97.7 Å². The lowest BCUT2D eigenvalue weighted by molar-refractivity contribution is -0.144. The summed E-state index contributed by atoms with van der Waals surface area (Å²) in [7, 11) is 3.71. The number of esters is 1. The molecule has 93 heavy (non-hydrogen) atoms. The van der Waals surface area contributed by atoms with Crippen molar-refractivity contribution in [2.45, 2.75) is 202 Å². The molecule has 3 aromatic rings. The molecule has 514 valence electrons. The number of carbonyl (C=O) groups excluding carboxylic acids is 10. The highest BCUT2D eigenvalue weighted by atomic mass is 32.1. The van der Waals surface area contributed by atoms with Crippen molar-refractivity contribution in [2.24, 2.45) is 52.9 Å². The molecule has 0 radical (unpaired) electrons. The van der Waals surface area contributed by atoms with Crippen LogP contribution in [0.15, 0.2) is 53.9 Å². The molecular formula is C69H104N10O13S. The minimum absolute atomic E-state index is 0.0287. The zero-order valence-corrected chi connectivity index (χ0v) is 57.5. The van der Waals surface area contributed by atoms with E-state index in [9.17, 15) is 57.8 Å². The van der Waals surface area contributed by atoms with Crippen LogP contribution in [0.25, 0.3) is 0 Å². The summed E-state index contributed by atoms with van der Waals surface area (Å²) >= 11 is 1.19. The number of likely N-dealkylation sites (tertiary alicyclic amines) is 1. The van der Waals surface area contributed by atoms with E-state index in [1.807, 2.05) is 41.7 Å². The van der Waals surface area contributed by atoms with Crippen molar-refractivity contribution < 1.29 is 62.6 Å². The van der Waals surface area contributed by atoms with Crippen LogP contribution in [0.4, 0.5) is 10.5 Å². The number of thiazole rings is 1. The number of ketones is 3. The van der Waals surface area contributed by atoms with Gasteiger partial charge in [0.05, 0.1) is 30.0 Å². The predicted molar refractivity (Wildman–Crippen MR) is 357 cm³/mol. The summed E-state index contributed by atoms with van der Waals surface area (Å²) in [6.07, 6.45) is 5.17. The molecule has 1 saturated heterocycles. The molecule has 2 aromatic carbocycles. The van der Waals surface area contributed by atoms with Crippen LogP contribution in [0.3, 0.4) is 0 Å². The first kappa shape index (κ1) is 78.0. The first-order valence-electron chi connectivity index (χ1n) is 32.8. The summed E-state index contributed by atoms with van der Waals surface area (Å²) in [5, 5.41) is 26.1. The molecule has 0 saturated carbocycles. The van der Waals surface area contributed by atoms with Gasteiger partial charge >= 0.3 is 18.0 Å². The zero-order chi connectivity index (χ0) is 69.3. The Hall–Kier alpha value is -7.44. The van der Waals surface area contributed by atoms with E-state index in [-0.39, 0.29) is 123 Å². The molecule has 10 N–H and O–H groups in total. The Morgan fingerprint density at radius 2 is 1.43 bits per heavy atom. The number of nitrogens with zero attached hydrogens (tertiary/aromatic N) is 3. The highest BCUT2D eigenvalue weighted by Crippen LogP contribution is 2.35. The van der Waals surface area contributed by atoms with Crippen LogP contribution in [-0.2, 0) is 67.3 Å². The van der Waals surface area contributed by atoms with E-state index in [0.29, 0.717) is 60.5 Å². The number of carboxylic acid groups (broad SMARTS) is 1. The number of anilines is 1. The Morgan fingerprint density at radius 3 is 2.00 bits per heavy atom. The maximum Gasteiger partial charge on any atom is 0.312 e. The van der Waals surface area contributed by atoms with Crippen LogP contribution >= 0.6 is 11.3 Å². The van der Waals surface area contributed by atoms with Gasteiger partial charge in [0, 0.05) is 80.7 Å². The minimum Gasteiger partial charge on any atom is -0.481 e. The average molecular weight is 1310 g/mol. The van der Waals surface area contributed by atoms with Crippen molar-refractivity contribution >= 4 is 81.9 Å². The van der Waals surface area contributed by atoms with Crippen LogP contribution in [0.1, 0.15) is 191 Å². The summed E-state index contributed by atoms with van der Waals surface area (Å²) in [5.41, 5.74) is 12.8. The number of amides is 7. The Bertz CT molecular complexity index is 3010. The van der Waals surface area contributed by atoms with Crippen molar-refractivity contribution in [1.29, 1.82) is 0 Å². The van der Waals surface area contributed by atoms with Crippen molar-refractivity contribution in [2.75, 3.05) is 39.0 Å². The van der Waals surface area contributed by atoms with E-state index in [1.54, 1.807) is 86.6 Å². The second kappa shape index (κ2) is 38.1. The third-order valence-electron chi connectivity index (χ3n) is 18.1. The van der Waals surface area contributed by atoms with E-state index < -0.39 is 83.0 Å². The Balaban J connectivity index is 1.39. The molecule has 4 rings (SSSR count). The van der Waals surface area contributed by atoms with Crippen LogP contribution in [-0.4, -0.2) is 142 Å². The first-order chi connectivity index (χ1) is 43.9. The van der Waals surface area contributed by atoms with Gasteiger partial charge in [-0.15, -0.1) is 11.3 Å². The second-order valence-electron chi connectivity index (χ2n) is 26.3. The third kappa shape index (κ3) is 25.1. The summed E-state index contributed by atoms with van der Waals surface area (Å²) < 4.78 is 5.61. The quantitative estimate of drug-likeness (QED) is 0.0198. The van der Waals surface area contributed by atoms with Crippen LogP contribution < -0.4 is 38.1 Å². The zero-order valence-electron chi connectivity index (χ0n) is 56.7. The van der Waals surface area contributed by atoms with Gasteiger partial charge < -0.3 is 57.6 Å². The molecule has 1 aliphatic heterocycles. The monoisotopic (exact) mass is 1310 g/mol. The molecule has 2 heterocycles. The number of primary amides is 1. The van der Waals surface area contributed by atoms with Crippen molar-refractivity contribution in [3.8, 4) is 0 Å². The number of hydrogen-bond donors (Lipinski definition) is 8. The van der Waals surface area contributed by atoms with E-state index in [4.69, 9.17) is 21.2 Å². The van der Waals surface area contributed by atoms with E-state index >= 15 is 0 Å². The normalized spacial score (nSPS) is 16.9. The Kier molecular flexibility index (Phi) is 31.9. The van der Waals surface area contributed by atoms with Gasteiger partial charge in [-0.2, -0.15) is 0 Å². The number of aromatic nitrogens is 1. The molecule has 0 aliphatic carbocycles. The standard InChI is InChI=1S/C69H104N10O13S/c1-13-43(6)54(37-59(83)69(10)28-17-31-78(69)11)66(88)79(12)57(41(2)3)38-55(73-46(9)81)65-76-56(40-93-65)64(87)75-53(32-44(7)67(89)90)34-47-20-22-48(23-21-47)35-60(84)92-39-49-24-26-52(27-25-49)74-62(85)51(19-16-30-72-68(71)91)36-58(82)61(42(4)5)77-63(86)50(33-45(8)80)18-14-15-29-70/h20-27,40-44,50-51,53-55,57,61H,13-19,28-39,70H2,1-12H3,(H,73,81)(H,74,85)(H,75,87)(H,77,86)(H,89,90)(H3,71,72,91)/t43-,44-,50+,51+,53+,54-,55+,57+,61-,69+/m0/s1. The lowest BCUT2D eigenvalue weighted by atomic mass is 9.80. The number of carbonyl (C=O) groups is 11. The fourth-order valence-corrected chi connectivity index (χ4v) is 12.8. The Labute approximate surface area is 553 Å². The predicted octanol–water partition coefficient (Wildman–Crippen LogP) is 7.86. The Morgan fingerprint density at radius 1 is 0.796 bits per heavy atom. The van der Waals surface area contributed by atoms with Gasteiger partial charge in [0.2, 0.25) is 23.6 Å². The topological polar surface area (TPSA) is 349 Å². The number of unbranched alkanes of at least 4 members (excludes halogenated alkanes) is 1. The highest BCUT2D eigenvalue weighted by Gasteiger charge is 2.44. The maximum atomic E-state index is 14.5. The molecule has 10 atom stereocenters. The molecule has 0 unspecified atom stereocenters. The molecule has 0 spiro atoms. The number of hydrogen-bond acceptors (Lipinski definition) is 16. The van der Waals surface area contributed by atoms with E-state index in [2.05, 4.69) is 31.5 Å². The number of rotatable bonds is 41. The number of likely N-dealkylation sites (N-methyl/N-ethyl adjacent to an activating group) is 1. The minimum atomic E-state index is -1.03. The van der Waals surface area contributed by atoms with Gasteiger partial charge in [-0.25, -0.2) is 9.78 Å². The fraction of sp³-hybridized carbons (Fsp3) is 0.623. The van der Waals surface area contributed by atoms with E-state index in [1.165, 1.54) is 25.2 Å². The number of nitrogens with two attached hydrogens (primary N) is 2. The van der Waals surface area contributed by atoms with Crippen LogP contribution in [0.5, 0.6) is 0 Å². The number of benzene rings is 2. The number of carboxylic acids is 1. The average Bonchev–Trinajstić information content (AvgIpc) is 1.81. The van der Waals surface area contributed by atoms with E-state index in [0.717, 1.165) is 24.9 Å². The molecular weight excluding hydrogens is 1210 g/mol. The molecule has 24 heteroatoms. The van der Waals surface area contributed by atoms with Gasteiger partial charge in [0.15, 0.2) is 11.6 Å². The van der Waals surface area contributed by atoms with Gasteiger partial charge in [0.25, 0.3) is 5.91 Å². The number of aliphatic carboxylic acids is 1. The summed E-state index contributed by atoms with van der Waals surface area (Å²) in [6.45, 7) is 19.3. The largest absolute Gasteiger partial charge is 0.481 e. The SMILES string of the molecule is CC[C@H](C)[C@H](CC(=O)[C@@]1(C)CCCN1C)C(=O)N(C)[C@H](C[C@@H](NC(C)=O)c1nc(C(=O)N[C@@H](Cc2ccc(CC(=O)OCc3ccc(NC(=O)[C@H](CCCNC(N)=O)CC(=O)[C@@H](NC(=O)[C@H](CCCCN)CC(C)=O)C(C)C)cc3)cc2)C[C@H](C)C(=O)O)cs1)C(C)C. The lowest BCUT2D eigenvalue weighted by Gasteiger charge is -2.38. The number of nitrogens with one attached hydrogen (secondary N) is 5. The third-order valence-corrected chi connectivity index (χ3v) is 19.1. The number of Topliss-reactive ketones (excluding diaryl/α,β-unsaturated/α-hetero) is 3. The van der Waals surface area contributed by atoms with Crippen molar-refractivity contribution in [3.63, 3.8) is 0 Å². The molecule has 23 nitrogen and oxygen atoms in total. The second-order valence-corrected chi connectivity index (χ2v) is 27.2. The molecule has 1 aliphatic rings. The number of ether oxygens (including phenoxy) is 1. The molecule has 0 bridgehead atoms. The van der Waals surface area contributed by atoms with Crippen molar-refractivity contribution in [3.05, 3.63) is 81.3 Å². The van der Waals surface area contributed by atoms with Crippen molar-refractivity contribution in [1.82, 2.24) is 36.1 Å². The maximum absolute atomic E-state index is 14.5. The molecule has 1 aromatic heterocycles. The smallest absolute Gasteiger partial charge is 0.312 e. The molecule has 7 amide bonds. The lowest BCUT2D eigenvalue weighted by Crippen LogP contribution is -2.50.